The first-order valence-corrected chi connectivity index (χ1v) is 12.8. The van der Waals surface area contributed by atoms with Gasteiger partial charge >= 0.3 is 0 Å². The number of nitrogens with zero attached hydrogens (tertiary/aromatic N) is 2. The van der Waals surface area contributed by atoms with E-state index in [2.05, 4.69) is 22.4 Å². The molecule has 2 amide bonds. The van der Waals surface area contributed by atoms with Crippen LogP contribution < -0.4 is 5.32 Å². The zero-order valence-corrected chi connectivity index (χ0v) is 22.0. The number of carbonyl (C=O) groups excluding carboxylic acids is 2. The van der Waals surface area contributed by atoms with E-state index >= 15 is 0 Å². The minimum Gasteiger partial charge on any atom is -0.332 e. The monoisotopic (exact) mass is 515 g/mol. The summed E-state index contributed by atoms with van der Waals surface area (Å²) in [7, 11) is 0. The lowest BCUT2D eigenvalue weighted by Gasteiger charge is -2.34. The molecule has 5 nitrogen and oxygen atoms in total. The van der Waals surface area contributed by atoms with E-state index in [1.54, 1.807) is 18.0 Å². The first-order chi connectivity index (χ1) is 18.0. The summed E-state index contributed by atoms with van der Waals surface area (Å²) in [5.74, 6) is -0.832. The molecule has 2 heterocycles. The van der Waals surface area contributed by atoms with Crippen molar-refractivity contribution in [3.63, 3.8) is 0 Å². The number of rotatable bonds is 5. The highest BCUT2D eigenvalue weighted by Gasteiger charge is 2.51. The Hall–Kier alpha value is -3.87. The molecule has 1 aromatic heterocycles. The Morgan fingerprint density at radius 1 is 1.11 bits per heavy atom. The molecule has 1 aliphatic carbocycles. The SMILES string of the molecule is C[C@H](c1cc(F)cc(F)c1)N(C/C=C/c1ccc2c(c1)C[C@@]1(C2)C(=O)Nc2ncccc21)C(=O)C(C)(C)C. The van der Waals surface area contributed by atoms with Gasteiger partial charge in [0.1, 0.15) is 17.5 Å². The van der Waals surface area contributed by atoms with Gasteiger partial charge in [0.05, 0.1) is 11.5 Å². The van der Waals surface area contributed by atoms with E-state index in [9.17, 15) is 18.4 Å². The average molecular weight is 516 g/mol. The predicted molar refractivity (Wildman–Crippen MR) is 143 cm³/mol. The second-order valence-electron chi connectivity index (χ2n) is 11.3. The summed E-state index contributed by atoms with van der Waals surface area (Å²) in [6.07, 6.45) is 6.75. The molecular weight excluding hydrogens is 484 g/mol. The van der Waals surface area contributed by atoms with Gasteiger partial charge in [-0.1, -0.05) is 57.2 Å². The molecule has 0 radical (unpaired) electrons. The van der Waals surface area contributed by atoms with Gasteiger partial charge in [0, 0.05) is 29.8 Å². The fourth-order valence-corrected chi connectivity index (χ4v) is 5.54. The molecule has 0 unspecified atom stereocenters. The van der Waals surface area contributed by atoms with Gasteiger partial charge < -0.3 is 10.2 Å². The van der Waals surface area contributed by atoms with E-state index in [1.165, 1.54) is 12.1 Å². The minimum absolute atomic E-state index is 0.0152. The van der Waals surface area contributed by atoms with Crippen LogP contribution in [0.25, 0.3) is 6.08 Å². The van der Waals surface area contributed by atoms with Crippen molar-refractivity contribution in [2.75, 3.05) is 11.9 Å². The molecule has 1 N–H and O–H groups in total. The Morgan fingerprint density at radius 3 is 2.53 bits per heavy atom. The van der Waals surface area contributed by atoms with Crippen molar-refractivity contribution >= 4 is 23.7 Å². The maximum Gasteiger partial charge on any atom is 0.237 e. The molecule has 196 valence electrons. The Bertz CT molecular complexity index is 1440. The first kappa shape index (κ1) is 25.8. The van der Waals surface area contributed by atoms with E-state index in [4.69, 9.17) is 0 Å². The van der Waals surface area contributed by atoms with E-state index in [0.29, 0.717) is 24.2 Å². The summed E-state index contributed by atoms with van der Waals surface area (Å²) < 4.78 is 27.8. The van der Waals surface area contributed by atoms with Crippen molar-refractivity contribution < 1.29 is 18.4 Å². The molecule has 0 bridgehead atoms. The summed E-state index contributed by atoms with van der Waals surface area (Å²) in [5.41, 5.74) is 3.27. The van der Waals surface area contributed by atoms with Crippen LogP contribution >= 0.6 is 0 Å². The van der Waals surface area contributed by atoms with Crippen LogP contribution in [0, 0.1) is 17.0 Å². The molecule has 7 heteroatoms. The molecule has 1 aliphatic heterocycles. The fraction of sp³-hybridized carbons (Fsp3) is 0.323. The Balaban J connectivity index is 1.37. The number of carbonyl (C=O) groups is 2. The summed E-state index contributed by atoms with van der Waals surface area (Å²) >= 11 is 0. The molecule has 2 atom stereocenters. The van der Waals surface area contributed by atoms with Crippen LogP contribution in [0.3, 0.4) is 0 Å². The van der Waals surface area contributed by atoms with Gasteiger partial charge in [-0.25, -0.2) is 13.8 Å². The van der Waals surface area contributed by atoms with E-state index in [1.807, 2.05) is 51.1 Å². The van der Waals surface area contributed by atoms with Crippen LogP contribution in [-0.4, -0.2) is 28.2 Å². The van der Waals surface area contributed by atoms with E-state index in [-0.39, 0.29) is 18.4 Å². The van der Waals surface area contributed by atoms with Crippen LogP contribution in [0.15, 0.2) is 60.8 Å². The largest absolute Gasteiger partial charge is 0.332 e. The lowest BCUT2D eigenvalue weighted by Crippen LogP contribution is -2.41. The maximum atomic E-state index is 13.9. The molecule has 0 saturated heterocycles. The number of hydrogen-bond acceptors (Lipinski definition) is 3. The Labute approximate surface area is 221 Å². The third kappa shape index (κ3) is 4.62. The number of pyridine rings is 1. The minimum atomic E-state index is -0.671. The second-order valence-corrected chi connectivity index (χ2v) is 11.3. The molecule has 0 saturated carbocycles. The summed E-state index contributed by atoms with van der Waals surface area (Å²) in [4.78, 5) is 32.2. The van der Waals surface area contributed by atoms with Crippen LogP contribution in [-0.2, 0) is 27.8 Å². The normalized spacial score (nSPS) is 18.9. The topological polar surface area (TPSA) is 62.3 Å². The number of halogens is 2. The number of benzene rings is 2. The van der Waals surface area contributed by atoms with Crippen LogP contribution in [0.1, 0.15) is 61.6 Å². The van der Waals surface area contributed by atoms with E-state index < -0.39 is 28.5 Å². The lowest BCUT2D eigenvalue weighted by atomic mass is 9.79. The highest BCUT2D eigenvalue weighted by Crippen LogP contribution is 2.46. The van der Waals surface area contributed by atoms with Crippen molar-refractivity contribution in [2.24, 2.45) is 5.41 Å². The molecule has 3 aromatic rings. The second kappa shape index (κ2) is 9.46. The maximum absolute atomic E-state index is 13.9. The number of hydrogen-bond donors (Lipinski definition) is 1. The molecule has 2 aromatic carbocycles. The van der Waals surface area contributed by atoms with Crippen LogP contribution in [0.4, 0.5) is 14.6 Å². The number of nitrogens with one attached hydrogen (secondary N) is 1. The summed E-state index contributed by atoms with van der Waals surface area (Å²) in [5, 5.41) is 2.93. The predicted octanol–water partition coefficient (Wildman–Crippen LogP) is 6.00. The number of fused-ring (bicyclic) bond motifs is 3. The van der Waals surface area contributed by atoms with Crippen molar-refractivity contribution in [3.05, 3.63) is 100 Å². The summed E-state index contributed by atoms with van der Waals surface area (Å²) in [6.45, 7) is 7.54. The van der Waals surface area contributed by atoms with Crippen LogP contribution in [0.2, 0.25) is 0 Å². The van der Waals surface area contributed by atoms with Crippen molar-refractivity contribution in [2.45, 2.75) is 52.0 Å². The molecular formula is C31H31F2N3O2. The average Bonchev–Trinajstić information content (AvgIpc) is 3.37. The number of aromatic nitrogens is 1. The number of anilines is 1. The lowest BCUT2D eigenvalue weighted by molar-refractivity contribution is -0.141. The van der Waals surface area contributed by atoms with Gasteiger partial charge in [-0.05, 0) is 60.2 Å². The van der Waals surface area contributed by atoms with Gasteiger partial charge in [-0.3, -0.25) is 9.59 Å². The van der Waals surface area contributed by atoms with Crippen molar-refractivity contribution in [1.82, 2.24) is 9.88 Å². The third-order valence-corrected chi connectivity index (χ3v) is 7.55. The standard InChI is InChI=1S/C31H31F2N3O2/c1-19(22-14-24(32)16-25(33)15-22)36(29(38)30(2,3)4)12-6-7-20-9-10-21-17-31(18-23(21)13-20)26-8-5-11-34-27(26)35-28(31)37/h5-11,13-16,19H,12,17-18H2,1-4H3,(H,34,35,37)/b7-6+/t19-,31-/m1/s1. The first-order valence-electron chi connectivity index (χ1n) is 12.8. The molecule has 0 fully saturated rings. The van der Waals surface area contributed by atoms with Crippen molar-refractivity contribution in [3.8, 4) is 0 Å². The molecule has 2 aliphatic rings. The van der Waals surface area contributed by atoms with Gasteiger partial charge in [-0.2, -0.15) is 0 Å². The van der Waals surface area contributed by atoms with Gasteiger partial charge in [0.15, 0.2) is 0 Å². The van der Waals surface area contributed by atoms with Gasteiger partial charge in [0.25, 0.3) is 0 Å². The Kier molecular flexibility index (Phi) is 6.41. The Morgan fingerprint density at radius 2 is 1.82 bits per heavy atom. The quantitative estimate of drug-likeness (QED) is 0.454. The van der Waals surface area contributed by atoms with Crippen molar-refractivity contribution in [1.29, 1.82) is 0 Å². The zero-order valence-electron chi connectivity index (χ0n) is 22.0. The molecule has 1 spiro atoms. The fourth-order valence-electron chi connectivity index (χ4n) is 5.54. The number of amides is 2. The highest BCUT2D eigenvalue weighted by atomic mass is 19.1. The summed E-state index contributed by atoms with van der Waals surface area (Å²) in [6, 6.07) is 12.8. The highest BCUT2D eigenvalue weighted by molar-refractivity contribution is 6.06. The molecule has 5 rings (SSSR count). The zero-order chi connectivity index (χ0) is 27.2. The van der Waals surface area contributed by atoms with Gasteiger partial charge in [0.2, 0.25) is 11.8 Å². The van der Waals surface area contributed by atoms with E-state index in [0.717, 1.165) is 28.3 Å². The third-order valence-electron chi connectivity index (χ3n) is 7.55. The van der Waals surface area contributed by atoms with Crippen LogP contribution in [0.5, 0.6) is 0 Å². The molecule has 38 heavy (non-hydrogen) atoms. The van der Waals surface area contributed by atoms with Gasteiger partial charge in [-0.15, -0.1) is 0 Å². The smallest absolute Gasteiger partial charge is 0.237 e.